The van der Waals surface area contributed by atoms with Crippen LogP contribution in [0, 0.1) is 6.92 Å². The van der Waals surface area contributed by atoms with Crippen molar-refractivity contribution in [1.29, 1.82) is 0 Å². The largest absolute Gasteiger partial charge is 0.507 e. The second-order valence-corrected chi connectivity index (χ2v) is 5.58. The summed E-state index contributed by atoms with van der Waals surface area (Å²) in [4.78, 5) is 14.3. The maximum absolute atomic E-state index is 12.1. The summed E-state index contributed by atoms with van der Waals surface area (Å²) in [6.07, 6.45) is 3.23. The first-order chi connectivity index (χ1) is 9.60. The highest BCUT2D eigenvalue weighted by molar-refractivity contribution is 7.12. The van der Waals surface area contributed by atoms with Gasteiger partial charge in [0.05, 0.1) is 12.2 Å². The molecule has 0 aliphatic heterocycles. The molecule has 0 unspecified atom stereocenters. The van der Waals surface area contributed by atoms with Crippen molar-refractivity contribution in [2.24, 2.45) is 0 Å². The van der Waals surface area contributed by atoms with Crippen molar-refractivity contribution in [3.05, 3.63) is 51.7 Å². The van der Waals surface area contributed by atoms with Crippen LogP contribution in [0.4, 0.5) is 0 Å². The molecule has 0 fully saturated rings. The quantitative estimate of drug-likeness (QED) is 0.666. The fraction of sp³-hybridized carbons (Fsp3) is 0.188. The maximum atomic E-state index is 12.1. The Kier molecular flexibility index (Phi) is 4.58. The van der Waals surface area contributed by atoms with Crippen LogP contribution < -0.4 is 4.74 Å². The molecule has 0 saturated heterocycles. The molecular formula is C16H16O3S. The van der Waals surface area contributed by atoms with Gasteiger partial charge in [0.2, 0.25) is 0 Å². The summed E-state index contributed by atoms with van der Waals surface area (Å²) < 4.78 is 5.33. The zero-order valence-electron chi connectivity index (χ0n) is 11.4. The lowest BCUT2D eigenvalue weighted by Gasteiger charge is -2.06. The lowest BCUT2D eigenvalue weighted by atomic mass is 10.1. The van der Waals surface area contributed by atoms with E-state index in [4.69, 9.17) is 4.74 Å². The summed E-state index contributed by atoms with van der Waals surface area (Å²) in [7, 11) is 0. The van der Waals surface area contributed by atoms with Gasteiger partial charge < -0.3 is 9.84 Å². The van der Waals surface area contributed by atoms with E-state index in [2.05, 4.69) is 0 Å². The fourth-order valence-corrected chi connectivity index (χ4v) is 2.54. The summed E-state index contributed by atoms with van der Waals surface area (Å²) in [5, 5.41) is 9.77. The Hall–Kier alpha value is -2.07. The lowest BCUT2D eigenvalue weighted by Crippen LogP contribution is -1.97. The summed E-state index contributed by atoms with van der Waals surface area (Å²) >= 11 is 1.61. The zero-order valence-corrected chi connectivity index (χ0v) is 12.2. The number of phenols is 1. The summed E-state index contributed by atoms with van der Waals surface area (Å²) in [5.74, 6) is 0.301. The van der Waals surface area contributed by atoms with Gasteiger partial charge in [-0.25, -0.2) is 0 Å². The lowest BCUT2D eigenvalue weighted by molar-refractivity contribution is 0.104. The van der Waals surface area contributed by atoms with E-state index in [1.54, 1.807) is 29.5 Å². The Labute approximate surface area is 122 Å². The number of rotatable bonds is 5. The Bertz CT molecular complexity index is 641. The van der Waals surface area contributed by atoms with Crippen LogP contribution in [0.3, 0.4) is 0 Å². The van der Waals surface area contributed by atoms with Crippen LogP contribution in [0.1, 0.15) is 27.0 Å². The van der Waals surface area contributed by atoms with Crippen molar-refractivity contribution in [2.75, 3.05) is 6.61 Å². The van der Waals surface area contributed by atoms with Gasteiger partial charge in [-0.2, -0.15) is 0 Å². The number of hydrogen-bond donors (Lipinski definition) is 1. The first-order valence-corrected chi connectivity index (χ1v) is 7.16. The number of ketones is 1. The highest BCUT2D eigenvalue weighted by Crippen LogP contribution is 2.24. The van der Waals surface area contributed by atoms with Gasteiger partial charge in [0.25, 0.3) is 0 Å². The van der Waals surface area contributed by atoms with E-state index >= 15 is 0 Å². The van der Waals surface area contributed by atoms with Crippen LogP contribution in [0.5, 0.6) is 11.5 Å². The molecule has 4 heteroatoms. The van der Waals surface area contributed by atoms with Crippen molar-refractivity contribution in [1.82, 2.24) is 0 Å². The van der Waals surface area contributed by atoms with Gasteiger partial charge in [-0.3, -0.25) is 4.79 Å². The number of allylic oxidation sites excluding steroid dienone is 1. The molecule has 1 heterocycles. The van der Waals surface area contributed by atoms with E-state index in [9.17, 15) is 9.90 Å². The number of aryl methyl sites for hydroxylation is 1. The van der Waals surface area contributed by atoms with Crippen LogP contribution in [0.2, 0.25) is 0 Å². The zero-order chi connectivity index (χ0) is 14.5. The molecule has 0 aliphatic rings. The number of carbonyl (C=O) groups is 1. The number of hydrogen-bond acceptors (Lipinski definition) is 4. The van der Waals surface area contributed by atoms with Gasteiger partial charge in [-0.1, -0.05) is 0 Å². The van der Waals surface area contributed by atoms with Crippen LogP contribution in [-0.2, 0) is 0 Å². The molecule has 104 valence electrons. The van der Waals surface area contributed by atoms with Crippen molar-refractivity contribution in [2.45, 2.75) is 13.8 Å². The Balaban J connectivity index is 2.20. The van der Waals surface area contributed by atoms with Crippen LogP contribution in [0.25, 0.3) is 6.08 Å². The van der Waals surface area contributed by atoms with Gasteiger partial charge in [0.15, 0.2) is 5.78 Å². The third-order valence-electron chi connectivity index (χ3n) is 2.70. The predicted octanol–water partition coefficient (Wildman–Crippen LogP) is 4.06. The summed E-state index contributed by atoms with van der Waals surface area (Å²) in [6, 6.07) is 8.64. The van der Waals surface area contributed by atoms with E-state index in [1.807, 2.05) is 26.0 Å². The third kappa shape index (κ3) is 3.48. The molecule has 1 aromatic carbocycles. The number of aromatic hydroxyl groups is 1. The first kappa shape index (κ1) is 14.3. The second kappa shape index (κ2) is 6.39. The van der Waals surface area contributed by atoms with Gasteiger partial charge in [-0.15, -0.1) is 11.3 Å². The highest BCUT2D eigenvalue weighted by atomic mass is 32.1. The van der Waals surface area contributed by atoms with Gasteiger partial charge >= 0.3 is 0 Å². The maximum Gasteiger partial charge on any atom is 0.189 e. The number of ether oxygens (including phenoxy) is 1. The van der Waals surface area contributed by atoms with Crippen molar-refractivity contribution in [3.63, 3.8) is 0 Å². The molecule has 2 aromatic rings. The number of carbonyl (C=O) groups excluding carboxylic acids is 1. The molecule has 20 heavy (non-hydrogen) atoms. The molecule has 1 aromatic heterocycles. The topological polar surface area (TPSA) is 46.5 Å². The molecule has 0 amide bonds. The number of benzene rings is 1. The van der Waals surface area contributed by atoms with Crippen LogP contribution in [-0.4, -0.2) is 17.5 Å². The molecular weight excluding hydrogens is 272 g/mol. The monoisotopic (exact) mass is 288 g/mol. The first-order valence-electron chi connectivity index (χ1n) is 6.35. The molecule has 0 radical (unpaired) electrons. The predicted molar refractivity (Wildman–Crippen MR) is 81.7 cm³/mol. The van der Waals surface area contributed by atoms with Gasteiger partial charge in [0.1, 0.15) is 11.5 Å². The van der Waals surface area contributed by atoms with Crippen LogP contribution in [0.15, 0.2) is 36.4 Å². The summed E-state index contributed by atoms with van der Waals surface area (Å²) in [6.45, 7) is 4.40. The SMILES string of the molecule is CCOc1ccc(O)c(C(=O)/C=C/c2ccc(C)s2)c1. The minimum atomic E-state index is -0.241. The Morgan fingerprint density at radius 1 is 1.35 bits per heavy atom. The van der Waals surface area contributed by atoms with E-state index in [1.165, 1.54) is 17.0 Å². The second-order valence-electron chi connectivity index (χ2n) is 4.26. The molecule has 0 bridgehead atoms. The fourth-order valence-electron chi connectivity index (χ4n) is 1.76. The van der Waals surface area contributed by atoms with Gasteiger partial charge in [0, 0.05) is 9.75 Å². The highest BCUT2D eigenvalue weighted by Gasteiger charge is 2.10. The smallest absolute Gasteiger partial charge is 0.189 e. The standard InChI is InChI=1S/C16H16O3S/c1-3-19-12-5-8-15(17)14(10-12)16(18)9-7-13-6-4-11(2)20-13/h4-10,17H,3H2,1-2H3/b9-7+. The normalized spacial score (nSPS) is 10.9. The molecule has 1 N–H and O–H groups in total. The molecule has 0 saturated carbocycles. The van der Waals surface area contributed by atoms with Crippen LogP contribution >= 0.6 is 11.3 Å². The summed E-state index contributed by atoms with van der Waals surface area (Å²) in [5.41, 5.74) is 0.250. The third-order valence-corrected chi connectivity index (χ3v) is 3.67. The Morgan fingerprint density at radius 2 is 2.15 bits per heavy atom. The molecule has 0 aliphatic carbocycles. The minimum absolute atomic E-state index is 0.0366. The van der Waals surface area contributed by atoms with Crippen molar-refractivity contribution >= 4 is 23.2 Å². The van der Waals surface area contributed by atoms with E-state index in [-0.39, 0.29) is 17.1 Å². The number of phenolic OH excluding ortho intramolecular Hbond substituents is 1. The van der Waals surface area contributed by atoms with E-state index in [0.29, 0.717) is 12.4 Å². The minimum Gasteiger partial charge on any atom is -0.507 e. The molecule has 2 rings (SSSR count). The van der Waals surface area contributed by atoms with Crippen molar-refractivity contribution < 1.29 is 14.6 Å². The molecule has 3 nitrogen and oxygen atoms in total. The van der Waals surface area contributed by atoms with Crippen molar-refractivity contribution in [3.8, 4) is 11.5 Å². The Morgan fingerprint density at radius 3 is 2.80 bits per heavy atom. The average Bonchev–Trinajstić information content (AvgIpc) is 2.84. The van der Waals surface area contributed by atoms with Gasteiger partial charge in [-0.05, 0) is 56.3 Å². The molecule has 0 atom stereocenters. The van der Waals surface area contributed by atoms with E-state index < -0.39 is 0 Å². The average molecular weight is 288 g/mol. The molecule has 0 spiro atoms. The van der Waals surface area contributed by atoms with E-state index in [0.717, 1.165) is 4.88 Å². The number of thiophene rings is 1.